The highest BCUT2D eigenvalue weighted by Crippen LogP contribution is 2.48. The Balaban J connectivity index is 2.13. The predicted molar refractivity (Wildman–Crippen MR) is 56.6 cm³/mol. The Kier molecular flexibility index (Phi) is 2.87. The fraction of sp³-hybridized carbons (Fsp3) is 1.00. The highest BCUT2D eigenvalue weighted by molar-refractivity contribution is 7.33. The lowest BCUT2D eigenvalue weighted by Gasteiger charge is -2.50. The van der Waals surface area contributed by atoms with Gasteiger partial charge in [-0.3, -0.25) is 0 Å². The molecule has 1 N–H and O–H groups in total. The molecule has 1 aliphatic carbocycles. The second kappa shape index (κ2) is 3.71. The summed E-state index contributed by atoms with van der Waals surface area (Å²) >= 11 is 0. The first-order valence-corrected chi connectivity index (χ1v) is 6.26. The van der Waals surface area contributed by atoms with E-state index in [4.69, 9.17) is 9.47 Å². The molecule has 0 bridgehead atoms. The van der Waals surface area contributed by atoms with Crippen molar-refractivity contribution < 1.29 is 14.4 Å². The molecule has 2 aliphatic rings. The van der Waals surface area contributed by atoms with Crippen LogP contribution < -0.4 is 0 Å². The van der Waals surface area contributed by atoms with Gasteiger partial charge in [0.05, 0.1) is 17.9 Å². The van der Waals surface area contributed by atoms with Gasteiger partial charge in [0.25, 0.3) is 0 Å². The van der Waals surface area contributed by atoms with E-state index in [0.29, 0.717) is 6.61 Å². The van der Waals surface area contributed by atoms with Gasteiger partial charge in [-0.25, -0.2) is 0 Å². The SMILES string of the molecule is CC1(C)OC[C@@]2(PO)CCCC[C@H]2O1. The predicted octanol–water partition coefficient (Wildman–Crippen LogP) is 2.04. The molecule has 0 radical (unpaired) electrons. The van der Waals surface area contributed by atoms with Crippen LogP contribution >= 0.6 is 8.81 Å². The van der Waals surface area contributed by atoms with Gasteiger partial charge in [-0.2, -0.15) is 0 Å². The summed E-state index contributed by atoms with van der Waals surface area (Å²) < 4.78 is 11.6. The van der Waals surface area contributed by atoms with Crippen LogP contribution in [-0.2, 0) is 9.47 Å². The van der Waals surface area contributed by atoms with Gasteiger partial charge in [-0.05, 0) is 26.7 Å². The number of ether oxygens (including phenoxy) is 2. The summed E-state index contributed by atoms with van der Waals surface area (Å²) in [7, 11) is -0.0583. The van der Waals surface area contributed by atoms with Gasteiger partial charge < -0.3 is 14.4 Å². The maximum absolute atomic E-state index is 9.51. The minimum atomic E-state index is -0.467. The van der Waals surface area contributed by atoms with E-state index in [9.17, 15) is 4.89 Å². The van der Waals surface area contributed by atoms with Crippen molar-refractivity contribution in [2.45, 2.75) is 56.6 Å². The Morgan fingerprint density at radius 3 is 2.86 bits per heavy atom. The molecule has 1 aliphatic heterocycles. The van der Waals surface area contributed by atoms with Crippen molar-refractivity contribution in [3.05, 3.63) is 0 Å². The van der Waals surface area contributed by atoms with Crippen LogP contribution in [-0.4, -0.2) is 28.5 Å². The van der Waals surface area contributed by atoms with Crippen LogP contribution in [0.5, 0.6) is 0 Å². The molecule has 1 saturated heterocycles. The van der Waals surface area contributed by atoms with E-state index in [1.165, 1.54) is 12.8 Å². The topological polar surface area (TPSA) is 38.7 Å². The molecule has 14 heavy (non-hydrogen) atoms. The van der Waals surface area contributed by atoms with Crippen LogP contribution in [0.2, 0.25) is 0 Å². The van der Waals surface area contributed by atoms with Crippen molar-refractivity contribution in [2.75, 3.05) is 6.61 Å². The minimum Gasteiger partial charge on any atom is -0.376 e. The fourth-order valence-electron chi connectivity index (χ4n) is 2.38. The smallest absolute Gasteiger partial charge is 0.163 e. The zero-order valence-corrected chi connectivity index (χ0v) is 9.88. The molecule has 3 atom stereocenters. The highest BCUT2D eigenvalue weighted by Gasteiger charge is 2.48. The van der Waals surface area contributed by atoms with Gasteiger partial charge in [-0.1, -0.05) is 12.8 Å². The quantitative estimate of drug-likeness (QED) is 0.684. The number of rotatable bonds is 1. The van der Waals surface area contributed by atoms with Crippen LogP contribution in [0.15, 0.2) is 0 Å². The standard InChI is InChI=1S/C10H19O3P/c1-9(2)12-7-10(14-11)6-4-3-5-8(10)13-9/h8,11,14H,3-7H2,1-2H3/t8-,10+/m1/s1. The normalized spacial score (nSPS) is 42.6. The van der Waals surface area contributed by atoms with Crippen molar-refractivity contribution in [3.8, 4) is 0 Å². The maximum atomic E-state index is 9.51. The van der Waals surface area contributed by atoms with Crippen molar-refractivity contribution in [1.82, 2.24) is 0 Å². The summed E-state index contributed by atoms with van der Waals surface area (Å²) in [6.07, 6.45) is 4.72. The van der Waals surface area contributed by atoms with Gasteiger partial charge in [-0.15, -0.1) is 0 Å². The first-order chi connectivity index (χ1) is 6.58. The molecule has 1 heterocycles. The van der Waals surface area contributed by atoms with Crippen molar-refractivity contribution in [1.29, 1.82) is 0 Å². The zero-order chi connectivity index (χ0) is 10.2. The molecule has 1 unspecified atom stereocenters. The average Bonchev–Trinajstić information content (AvgIpc) is 2.17. The van der Waals surface area contributed by atoms with Gasteiger partial charge in [0.15, 0.2) is 5.79 Å². The molecule has 1 saturated carbocycles. The van der Waals surface area contributed by atoms with Gasteiger partial charge in [0, 0.05) is 8.81 Å². The number of hydrogen-bond acceptors (Lipinski definition) is 3. The Labute approximate surface area is 87.0 Å². The lowest BCUT2D eigenvalue weighted by molar-refractivity contribution is -0.291. The number of fused-ring (bicyclic) bond motifs is 1. The summed E-state index contributed by atoms with van der Waals surface area (Å²) in [4.78, 5) is 9.51. The Hall–Kier alpha value is 0.310. The van der Waals surface area contributed by atoms with Crippen LogP contribution in [0.1, 0.15) is 39.5 Å². The zero-order valence-electron chi connectivity index (χ0n) is 8.88. The molecule has 2 rings (SSSR count). The molecule has 0 spiro atoms. The van der Waals surface area contributed by atoms with Crippen LogP contribution in [0.25, 0.3) is 0 Å². The molecular weight excluding hydrogens is 199 g/mol. The van der Waals surface area contributed by atoms with Crippen molar-refractivity contribution in [2.24, 2.45) is 0 Å². The van der Waals surface area contributed by atoms with Crippen LogP contribution in [0.3, 0.4) is 0 Å². The summed E-state index contributed by atoms with van der Waals surface area (Å²) in [6, 6.07) is 0. The van der Waals surface area contributed by atoms with E-state index in [-0.39, 0.29) is 20.1 Å². The molecule has 0 aromatic heterocycles. The lowest BCUT2D eigenvalue weighted by atomic mass is 9.85. The molecular formula is C10H19O3P. The minimum absolute atomic E-state index is 0.0583. The second-order valence-electron chi connectivity index (χ2n) is 4.81. The first kappa shape index (κ1) is 10.8. The fourth-order valence-corrected chi connectivity index (χ4v) is 3.16. The van der Waals surface area contributed by atoms with E-state index in [1.807, 2.05) is 13.8 Å². The van der Waals surface area contributed by atoms with E-state index < -0.39 is 5.79 Å². The summed E-state index contributed by atoms with van der Waals surface area (Å²) in [5.41, 5.74) is 0. The Morgan fingerprint density at radius 2 is 2.14 bits per heavy atom. The van der Waals surface area contributed by atoms with Crippen molar-refractivity contribution >= 4 is 8.81 Å². The maximum Gasteiger partial charge on any atom is 0.163 e. The third-order valence-corrected chi connectivity index (χ3v) is 4.44. The molecule has 0 aromatic rings. The number of hydrogen-bond donors (Lipinski definition) is 1. The molecule has 0 aromatic carbocycles. The molecule has 82 valence electrons. The van der Waals surface area contributed by atoms with Gasteiger partial charge >= 0.3 is 0 Å². The van der Waals surface area contributed by atoms with Crippen LogP contribution in [0, 0.1) is 0 Å². The van der Waals surface area contributed by atoms with Gasteiger partial charge in [0.1, 0.15) is 0 Å². The average molecular weight is 218 g/mol. The highest BCUT2D eigenvalue weighted by atomic mass is 31.1. The van der Waals surface area contributed by atoms with E-state index >= 15 is 0 Å². The molecule has 4 heteroatoms. The van der Waals surface area contributed by atoms with E-state index in [2.05, 4.69) is 0 Å². The Bertz CT molecular complexity index is 219. The van der Waals surface area contributed by atoms with Crippen LogP contribution in [0.4, 0.5) is 0 Å². The summed E-state index contributed by atoms with van der Waals surface area (Å²) in [5.74, 6) is -0.467. The summed E-state index contributed by atoms with van der Waals surface area (Å²) in [5, 5.41) is -0.0895. The lowest BCUT2D eigenvalue weighted by Crippen LogP contribution is -2.56. The monoisotopic (exact) mass is 218 g/mol. The molecule has 0 amide bonds. The second-order valence-corrected chi connectivity index (χ2v) is 6.03. The van der Waals surface area contributed by atoms with E-state index in [0.717, 1.165) is 12.8 Å². The summed E-state index contributed by atoms with van der Waals surface area (Å²) in [6.45, 7) is 4.55. The first-order valence-electron chi connectivity index (χ1n) is 5.31. The Morgan fingerprint density at radius 1 is 1.36 bits per heavy atom. The van der Waals surface area contributed by atoms with Crippen molar-refractivity contribution in [3.63, 3.8) is 0 Å². The molecule has 2 fully saturated rings. The van der Waals surface area contributed by atoms with E-state index in [1.54, 1.807) is 0 Å². The third kappa shape index (κ3) is 1.83. The largest absolute Gasteiger partial charge is 0.376 e. The molecule has 3 nitrogen and oxygen atoms in total. The third-order valence-electron chi connectivity index (χ3n) is 3.28. The van der Waals surface area contributed by atoms with Gasteiger partial charge in [0.2, 0.25) is 0 Å².